The van der Waals surface area contributed by atoms with Gasteiger partial charge in [0.15, 0.2) is 5.96 Å². The third kappa shape index (κ3) is 12.8. The standard InChI is InChI=1S/C10H23N3S2.HI/c1-11-10(13-7-9-15-3)12-6-4-5-8-14-2;/h4-9H2,1-3H3,(H2,11,12,13);1H. The number of nitrogens with zero attached hydrogens (tertiary/aromatic N) is 1. The number of hydrogen-bond donors (Lipinski definition) is 2. The molecule has 0 rings (SSSR count). The minimum Gasteiger partial charge on any atom is -0.356 e. The summed E-state index contributed by atoms with van der Waals surface area (Å²) in [5, 5.41) is 6.58. The van der Waals surface area contributed by atoms with Crippen LogP contribution in [0.3, 0.4) is 0 Å². The Morgan fingerprint density at radius 3 is 2.19 bits per heavy atom. The Hall–Kier alpha value is 0.700. The number of unbranched alkanes of at least 4 members (excludes halogenated alkanes) is 1. The molecule has 0 fully saturated rings. The summed E-state index contributed by atoms with van der Waals surface area (Å²) in [5.41, 5.74) is 0. The van der Waals surface area contributed by atoms with E-state index in [9.17, 15) is 0 Å². The van der Waals surface area contributed by atoms with Crippen LogP contribution in [-0.4, -0.2) is 50.1 Å². The summed E-state index contributed by atoms with van der Waals surface area (Å²) >= 11 is 3.75. The summed E-state index contributed by atoms with van der Waals surface area (Å²) in [7, 11) is 1.82. The normalized spacial score (nSPS) is 10.8. The summed E-state index contributed by atoms with van der Waals surface area (Å²) in [6.45, 7) is 1.99. The highest BCUT2D eigenvalue weighted by molar-refractivity contribution is 14.0. The maximum absolute atomic E-state index is 4.16. The van der Waals surface area contributed by atoms with E-state index in [0.717, 1.165) is 24.8 Å². The molecule has 2 N–H and O–H groups in total. The molecule has 0 aromatic carbocycles. The van der Waals surface area contributed by atoms with Gasteiger partial charge in [-0.3, -0.25) is 4.99 Å². The van der Waals surface area contributed by atoms with Crippen molar-refractivity contribution < 1.29 is 0 Å². The summed E-state index contributed by atoms with van der Waals surface area (Å²) in [6, 6.07) is 0. The van der Waals surface area contributed by atoms with E-state index in [1.54, 1.807) is 0 Å². The molecule has 0 aliphatic rings. The van der Waals surface area contributed by atoms with Gasteiger partial charge in [0.25, 0.3) is 0 Å². The fourth-order valence-corrected chi connectivity index (χ4v) is 1.87. The molecule has 0 saturated heterocycles. The number of guanidine groups is 1. The minimum absolute atomic E-state index is 0. The van der Waals surface area contributed by atoms with Gasteiger partial charge >= 0.3 is 0 Å². The molecule has 0 aromatic heterocycles. The van der Waals surface area contributed by atoms with Crippen LogP contribution in [-0.2, 0) is 0 Å². The monoisotopic (exact) mass is 377 g/mol. The molecule has 0 aliphatic carbocycles. The van der Waals surface area contributed by atoms with Crippen LogP contribution in [0.4, 0.5) is 0 Å². The van der Waals surface area contributed by atoms with E-state index in [2.05, 4.69) is 28.1 Å². The second kappa shape index (κ2) is 15.7. The highest BCUT2D eigenvalue weighted by atomic mass is 127. The molecule has 0 aromatic rings. The summed E-state index contributed by atoms with van der Waals surface area (Å²) in [4.78, 5) is 4.16. The maximum Gasteiger partial charge on any atom is 0.191 e. The average Bonchev–Trinajstić information content (AvgIpc) is 2.26. The molecule has 0 aliphatic heterocycles. The summed E-state index contributed by atoms with van der Waals surface area (Å²) in [5.74, 6) is 3.29. The Morgan fingerprint density at radius 2 is 1.62 bits per heavy atom. The van der Waals surface area contributed by atoms with Gasteiger partial charge in [-0.1, -0.05) is 0 Å². The van der Waals surface area contributed by atoms with Gasteiger partial charge < -0.3 is 10.6 Å². The van der Waals surface area contributed by atoms with E-state index in [0.29, 0.717) is 0 Å². The Bertz CT molecular complexity index is 168. The fourth-order valence-electron chi connectivity index (χ4n) is 1.07. The lowest BCUT2D eigenvalue weighted by atomic mass is 10.3. The SMILES string of the molecule is CN=C(NCCCCSC)NCCSC.I. The summed E-state index contributed by atoms with van der Waals surface area (Å²) in [6.07, 6.45) is 6.75. The molecule has 3 nitrogen and oxygen atoms in total. The van der Waals surface area contributed by atoms with Crippen molar-refractivity contribution in [2.24, 2.45) is 4.99 Å². The third-order valence-electron chi connectivity index (χ3n) is 1.89. The molecule has 0 heterocycles. The van der Waals surface area contributed by atoms with Crippen LogP contribution in [0, 0.1) is 0 Å². The van der Waals surface area contributed by atoms with Gasteiger partial charge in [-0.2, -0.15) is 23.5 Å². The van der Waals surface area contributed by atoms with Crippen LogP contribution in [0.2, 0.25) is 0 Å². The maximum atomic E-state index is 4.16. The zero-order valence-corrected chi connectivity index (χ0v) is 14.4. The Morgan fingerprint density at radius 1 is 1.00 bits per heavy atom. The van der Waals surface area contributed by atoms with Crippen molar-refractivity contribution in [2.45, 2.75) is 12.8 Å². The van der Waals surface area contributed by atoms with Gasteiger partial charge in [0.05, 0.1) is 0 Å². The Balaban J connectivity index is 0. The minimum atomic E-state index is 0. The zero-order valence-electron chi connectivity index (χ0n) is 10.4. The number of halogens is 1. The van der Waals surface area contributed by atoms with E-state index < -0.39 is 0 Å². The molecule has 0 amide bonds. The van der Waals surface area contributed by atoms with Crippen molar-refractivity contribution in [2.75, 3.05) is 44.2 Å². The number of aliphatic imine (C=N–C) groups is 1. The molecule has 0 atom stereocenters. The second-order valence-electron chi connectivity index (χ2n) is 3.12. The Labute approximate surface area is 125 Å². The molecule has 6 heteroatoms. The Kier molecular flexibility index (Phi) is 18.7. The lowest BCUT2D eigenvalue weighted by Crippen LogP contribution is -2.38. The quantitative estimate of drug-likeness (QED) is 0.295. The molecule has 16 heavy (non-hydrogen) atoms. The topological polar surface area (TPSA) is 36.4 Å². The predicted molar refractivity (Wildman–Crippen MR) is 90.8 cm³/mol. The van der Waals surface area contributed by atoms with Gasteiger partial charge in [0.1, 0.15) is 0 Å². The first kappa shape index (κ1) is 19.0. The van der Waals surface area contributed by atoms with E-state index in [1.165, 1.54) is 18.6 Å². The van der Waals surface area contributed by atoms with E-state index in [4.69, 9.17) is 0 Å². The van der Waals surface area contributed by atoms with Gasteiger partial charge in [-0.05, 0) is 31.1 Å². The van der Waals surface area contributed by atoms with Crippen molar-refractivity contribution in [3.63, 3.8) is 0 Å². The van der Waals surface area contributed by atoms with E-state index >= 15 is 0 Å². The van der Waals surface area contributed by atoms with Gasteiger partial charge in [0.2, 0.25) is 0 Å². The lowest BCUT2D eigenvalue weighted by molar-refractivity contribution is 0.739. The molecule has 0 spiro atoms. The number of rotatable bonds is 8. The largest absolute Gasteiger partial charge is 0.356 e. The molecular formula is C10H24IN3S2. The fraction of sp³-hybridized carbons (Fsp3) is 0.900. The number of hydrogen-bond acceptors (Lipinski definition) is 3. The van der Waals surface area contributed by atoms with Crippen molar-refractivity contribution >= 4 is 53.5 Å². The third-order valence-corrected chi connectivity index (χ3v) is 3.20. The number of nitrogens with one attached hydrogen (secondary N) is 2. The molecule has 0 bridgehead atoms. The average molecular weight is 377 g/mol. The van der Waals surface area contributed by atoms with Crippen molar-refractivity contribution in [3.05, 3.63) is 0 Å². The number of thioether (sulfide) groups is 2. The lowest BCUT2D eigenvalue weighted by Gasteiger charge is -2.10. The van der Waals surface area contributed by atoms with Crippen LogP contribution in [0.15, 0.2) is 4.99 Å². The highest BCUT2D eigenvalue weighted by Gasteiger charge is 1.95. The van der Waals surface area contributed by atoms with Crippen molar-refractivity contribution in [3.8, 4) is 0 Å². The smallest absolute Gasteiger partial charge is 0.191 e. The molecule has 0 unspecified atom stereocenters. The van der Waals surface area contributed by atoms with Gasteiger partial charge in [-0.15, -0.1) is 24.0 Å². The van der Waals surface area contributed by atoms with Gasteiger partial charge in [-0.25, -0.2) is 0 Å². The first-order chi connectivity index (χ1) is 7.35. The molecule has 98 valence electrons. The van der Waals surface area contributed by atoms with Gasteiger partial charge in [0, 0.05) is 25.9 Å². The molecular weight excluding hydrogens is 353 g/mol. The first-order valence-electron chi connectivity index (χ1n) is 5.27. The summed E-state index contributed by atoms with van der Waals surface area (Å²) < 4.78 is 0. The van der Waals surface area contributed by atoms with Crippen molar-refractivity contribution in [1.82, 2.24) is 10.6 Å². The zero-order chi connectivity index (χ0) is 11.4. The molecule has 0 saturated carbocycles. The first-order valence-corrected chi connectivity index (χ1v) is 8.06. The van der Waals surface area contributed by atoms with Crippen LogP contribution in [0.1, 0.15) is 12.8 Å². The predicted octanol–water partition coefficient (Wildman–Crippen LogP) is 2.28. The second-order valence-corrected chi connectivity index (χ2v) is 5.09. The van der Waals surface area contributed by atoms with Crippen LogP contribution in [0.5, 0.6) is 0 Å². The highest BCUT2D eigenvalue weighted by Crippen LogP contribution is 1.97. The van der Waals surface area contributed by atoms with E-state index in [-0.39, 0.29) is 24.0 Å². The van der Waals surface area contributed by atoms with E-state index in [1.807, 2.05) is 30.6 Å². The van der Waals surface area contributed by atoms with Crippen LogP contribution in [0.25, 0.3) is 0 Å². The molecule has 0 radical (unpaired) electrons. The van der Waals surface area contributed by atoms with Crippen LogP contribution >= 0.6 is 47.5 Å². The van der Waals surface area contributed by atoms with Crippen LogP contribution < -0.4 is 10.6 Å². The van der Waals surface area contributed by atoms with Crippen molar-refractivity contribution in [1.29, 1.82) is 0 Å².